The average Bonchev–Trinajstić information content (AvgIpc) is 3.04. The van der Waals surface area contributed by atoms with E-state index in [-0.39, 0.29) is 6.54 Å². The molecule has 1 aromatic carbocycles. The largest absolute Gasteiger partial charge is 0.497 e. The average molecular weight is 332 g/mol. The second-order valence-electron chi connectivity index (χ2n) is 5.19. The molecule has 0 aromatic heterocycles. The van der Waals surface area contributed by atoms with Crippen LogP contribution in [0.1, 0.15) is 5.56 Å². The maximum absolute atomic E-state index is 11.9. The zero-order chi connectivity index (χ0) is 17.1. The normalized spacial score (nSPS) is 22.0. The van der Waals surface area contributed by atoms with Crippen molar-refractivity contribution in [3.63, 3.8) is 0 Å². The van der Waals surface area contributed by atoms with Gasteiger partial charge in [0.05, 0.1) is 13.3 Å². The number of nitrogens with zero attached hydrogens (tertiary/aromatic N) is 2. The number of carbonyl (C=O) groups excluding carboxylic acids is 3. The van der Waals surface area contributed by atoms with Gasteiger partial charge in [-0.05, 0) is 17.7 Å². The summed E-state index contributed by atoms with van der Waals surface area (Å²) >= 11 is 0. The maximum Gasteiger partial charge on any atom is 0.321 e. The zero-order valence-corrected chi connectivity index (χ0v) is 12.8. The highest BCUT2D eigenvalue weighted by Crippen LogP contribution is 2.13. The minimum absolute atomic E-state index is 0.232. The quantitative estimate of drug-likeness (QED) is 0.413. The SMILES string of the molecule is COc1cccc(C=NNC(=O)CN2C(=O)NC3NC(=O)NC32)c1. The third-order valence-electron chi connectivity index (χ3n) is 3.57. The molecule has 10 nitrogen and oxygen atoms in total. The van der Waals surface area contributed by atoms with Gasteiger partial charge < -0.3 is 20.7 Å². The van der Waals surface area contributed by atoms with E-state index >= 15 is 0 Å². The van der Waals surface area contributed by atoms with Gasteiger partial charge in [0.1, 0.15) is 24.6 Å². The fourth-order valence-corrected chi connectivity index (χ4v) is 2.46. The van der Waals surface area contributed by atoms with Crippen molar-refractivity contribution in [2.24, 2.45) is 5.10 Å². The molecule has 10 heteroatoms. The van der Waals surface area contributed by atoms with Crippen molar-refractivity contribution in [2.75, 3.05) is 13.7 Å². The van der Waals surface area contributed by atoms with Crippen LogP contribution in [0.3, 0.4) is 0 Å². The van der Waals surface area contributed by atoms with E-state index in [4.69, 9.17) is 4.74 Å². The topological polar surface area (TPSA) is 124 Å². The predicted octanol–water partition coefficient (Wildman–Crippen LogP) is -0.864. The number of hydrazone groups is 1. The van der Waals surface area contributed by atoms with E-state index in [1.807, 2.05) is 0 Å². The number of nitrogens with one attached hydrogen (secondary N) is 4. The van der Waals surface area contributed by atoms with E-state index < -0.39 is 30.3 Å². The molecule has 3 rings (SSSR count). The monoisotopic (exact) mass is 332 g/mol. The molecule has 24 heavy (non-hydrogen) atoms. The Labute approximate surface area is 137 Å². The lowest BCUT2D eigenvalue weighted by Crippen LogP contribution is -2.47. The molecule has 0 saturated carbocycles. The Hall–Kier alpha value is -3.30. The summed E-state index contributed by atoms with van der Waals surface area (Å²) in [6.07, 6.45) is 0.322. The lowest BCUT2D eigenvalue weighted by atomic mass is 10.2. The number of ether oxygens (including phenoxy) is 1. The molecule has 2 saturated heterocycles. The van der Waals surface area contributed by atoms with Crippen molar-refractivity contribution < 1.29 is 19.1 Å². The maximum atomic E-state index is 11.9. The lowest BCUT2D eigenvalue weighted by Gasteiger charge is -2.19. The van der Waals surface area contributed by atoms with E-state index in [0.29, 0.717) is 5.75 Å². The summed E-state index contributed by atoms with van der Waals surface area (Å²) in [6, 6.07) is 6.31. The molecule has 2 unspecified atom stereocenters. The minimum atomic E-state index is -0.599. The van der Waals surface area contributed by atoms with Gasteiger partial charge in [0.25, 0.3) is 5.91 Å². The third kappa shape index (κ3) is 3.21. The van der Waals surface area contributed by atoms with Gasteiger partial charge in [0, 0.05) is 0 Å². The van der Waals surface area contributed by atoms with Crippen LogP contribution in [0.2, 0.25) is 0 Å². The zero-order valence-electron chi connectivity index (χ0n) is 12.8. The molecule has 2 atom stereocenters. The molecule has 2 fully saturated rings. The standard InChI is InChI=1S/C14H16N6O4/c1-24-9-4-2-3-8(5-9)6-15-19-10(21)7-20-12-11(17-14(20)23)16-13(22)18-12/h2-6,11-12H,7H2,1H3,(H,17,23)(H,19,21)(H2,16,18,22). The van der Waals surface area contributed by atoms with Crippen molar-refractivity contribution in [1.82, 2.24) is 26.3 Å². The number of hydrogen-bond donors (Lipinski definition) is 4. The molecule has 5 amide bonds. The Balaban J connectivity index is 1.54. The van der Waals surface area contributed by atoms with Crippen LogP contribution in [0.15, 0.2) is 29.4 Å². The highest BCUT2D eigenvalue weighted by Gasteiger charge is 2.45. The molecular formula is C14H16N6O4. The second-order valence-corrected chi connectivity index (χ2v) is 5.19. The van der Waals surface area contributed by atoms with E-state index in [1.54, 1.807) is 31.4 Å². The fourth-order valence-electron chi connectivity index (χ4n) is 2.46. The van der Waals surface area contributed by atoms with Crippen LogP contribution in [0, 0.1) is 0 Å². The van der Waals surface area contributed by atoms with Gasteiger partial charge >= 0.3 is 12.1 Å². The highest BCUT2D eigenvalue weighted by atomic mass is 16.5. The van der Waals surface area contributed by atoms with E-state index in [9.17, 15) is 14.4 Å². The molecular weight excluding hydrogens is 316 g/mol. The predicted molar refractivity (Wildman–Crippen MR) is 83.2 cm³/mol. The Morgan fingerprint density at radius 1 is 1.38 bits per heavy atom. The van der Waals surface area contributed by atoms with Crippen molar-refractivity contribution in [1.29, 1.82) is 0 Å². The first-order chi connectivity index (χ1) is 11.6. The first-order valence-corrected chi connectivity index (χ1v) is 7.17. The Bertz CT molecular complexity index is 706. The van der Waals surface area contributed by atoms with Crippen LogP contribution in [0.4, 0.5) is 9.59 Å². The van der Waals surface area contributed by atoms with Crippen LogP contribution in [0.5, 0.6) is 5.75 Å². The molecule has 2 aliphatic heterocycles. The van der Waals surface area contributed by atoms with Crippen LogP contribution in [-0.2, 0) is 4.79 Å². The van der Waals surface area contributed by atoms with Crippen molar-refractivity contribution in [3.05, 3.63) is 29.8 Å². The van der Waals surface area contributed by atoms with Gasteiger partial charge in [-0.25, -0.2) is 15.0 Å². The van der Waals surface area contributed by atoms with E-state index in [0.717, 1.165) is 5.56 Å². The second kappa shape index (κ2) is 6.44. The first-order valence-electron chi connectivity index (χ1n) is 7.17. The summed E-state index contributed by atoms with van der Waals surface area (Å²) in [4.78, 5) is 36.2. The number of methoxy groups -OCH3 is 1. The number of carbonyl (C=O) groups is 3. The van der Waals surface area contributed by atoms with Gasteiger partial charge in [0.15, 0.2) is 0 Å². The van der Waals surface area contributed by atoms with Gasteiger partial charge in [-0.2, -0.15) is 5.10 Å². The molecule has 126 valence electrons. The Kier molecular flexibility index (Phi) is 4.18. The molecule has 0 bridgehead atoms. The smallest absolute Gasteiger partial charge is 0.321 e. The summed E-state index contributed by atoms with van der Waals surface area (Å²) in [6.45, 7) is -0.232. The number of rotatable bonds is 5. The van der Waals surface area contributed by atoms with Crippen molar-refractivity contribution >= 4 is 24.2 Å². The number of hydrogen-bond acceptors (Lipinski definition) is 5. The van der Waals surface area contributed by atoms with Crippen LogP contribution >= 0.6 is 0 Å². The molecule has 0 aliphatic carbocycles. The lowest BCUT2D eigenvalue weighted by molar-refractivity contribution is -0.121. The number of urea groups is 2. The minimum Gasteiger partial charge on any atom is -0.497 e. The van der Waals surface area contributed by atoms with Gasteiger partial charge in [-0.1, -0.05) is 12.1 Å². The van der Waals surface area contributed by atoms with Gasteiger partial charge in [-0.3, -0.25) is 9.69 Å². The van der Waals surface area contributed by atoms with E-state index in [1.165, 1.54) is 11.1 Å². The first kappa shape index (κ1) is 15.6. The summed E-state index contributed by atoms with van der Waals surface area (Å²) in [5.74, 6) is 0.195. The fraction of sp³-hybridized carbons (Fsp3) is 0.286. The summed E-state index contributed by atoms with van der Waals surface area (Å²) in [5.41, 5.74) is 3.09. The number of benzene rings is 1. The van der Waals surface area contributed by atoms with Gasteiger partial charge in [0.2, 0.25) is 0 Å². The molecule has 1 aromatic rings. The highest BCUT2D eigenvalue weighted by molar-refractivity contribution is 5.89. The van der Waals surface area contributed by atoms with Crippen molar-refractivity contribution in [3.8, 4) is 5.75 Å². The number of fused-ring (bicyclic) bond motifs is 1. The molecule has 2 aliphatic rings. The molecule has 0 radical (unpaired) electrons. The van der Waals surface area contributed by atoms with Crippen LogP contribution in [0.25, 0.3) is 0 Å². The summed E-state index contributed by atoms with van der Waals surface area (Å²) in [7, 11) is 1.56. The van der Waals surface area contributed by atoms with Crippen molar-refractivity contribution in [2.45, 2.75) is 12.3 Å². The van der Waals surface area contributed by atoms with Gasteiger partial charge in [-0.15, -0.1) is 0 Å². The molecule has 4 N–H and O–H groups in total. The Morgan fingerprint density at radius 3 is 3.00 bits per heavy atom. The third-order valence-corrected chi connectivity index (χ3v) is 3.57. The summed E-state index contributed by atoms with van der Waals surface area (Å²) < 4.78 is 5.09. The van der Waals surface area contributed by atoms with E-state index in [2.05, 4.69) is 26.5 Å². The summed E-state index contributed by atoms with van der Waals surface area (Å²) in [5, 5.41) is 11.5. The molecule has 2 heterocycles. The number of amides is 5. The van der Waals surface area contributed by atoms with Crippen LogP contribution < -0.4 is 26.1 Å². The Morgan fingerprint density at radius 2 is 2.21 bits per heavy atom. The van der Waals surface area contributed by atoms with Crippen LogP contribution in [-0.4, -0.2) is 55.1 Å². The molecule has 0 spiro atoms.